The van der Waals surface area contributed by atoms with E-state index in [1.165, 1.54) is 15.6 Å². The molecule has 1 unspecified atom stereocenters. The molecule has 0 aliphatic heterocycles. The number of rotatable bonds is 3. The molecule has 0 fully saturated rings. The minimum absolute atomic E-state index is 0.265. The minimum Gasteiger partial charge on any atom is -0.327 e. The standard InChI is InChI=1S/C13H17NS/c1-9(2)12(14)8-10-3-4-13-11(7-10)5-6-15-13/h3-7,9,12H,8,14H2,1-2H3. The van der Waals surface area contributed by atoms with Crippen LogP contribution in [0.5, 0.6) is 0 Å². The molecule has 0 bridgehead atoms. The lowest BCUT2D eigenvalue weighted by Crippen LogP contribution is -2.28. The molecule has 2 N–H and O–H groups in total. The van der Waals surface area contributed by atoms with Crippen LogP contribution in [-0.4, -0.2) is 6.04 Å². The average Bonchev–Trinajstić information content (AvgIpc) is 2.64. The van der Waals surface area contributed by atoms with E-state index in [1.807, 2.05) is 0 Å². The van der Waals surface area contributed by atoms with Crippen LogP contribution in [-0.2, 0) is 6.42 Å². The molecule has 0 aliphatic carbocycles. The van der Waals surface area contributed by atoms with E-state index in [-0.39, 0.29) is 6.04 Å². The summed E-state index contributed by atoms with van der Waals surface area (Å²) in [6.45, 7) is 4.35. The van der Waals surface area contributed by atoms with Crippen molar-refractivity contribution in [2.24, 2.45) is 11.7 Å². The molecule has 2 aromatic rings. The zero-order valence-corrected chi connectivity index (χ0v) is 10.1. The first-order valence-electron chi connectivity index (χ1n) is 5.38. The van der Waals surface area contributed by atoms with Crippen molar-refractivity contribution < 1.29 is 0 Å². The fourth-order valence-corrected chi connectivity index (χ4v) is 2.42. The third-order valence-electron chi connectivity index (χ3n) is 2.84. The summed E-state index contributed by atoms with van der Waals surface area (Å²) < 4.78 is 1.36. The smallest absolute Gasteiger partial charge is 0.0342 e. The quantitative estimate of drug-likeness (QED) is 0.841. The molecule has 1 heterocycles. The zero-order valence-electron chi connectivity index (χ0n) is 9.23. The lowest BCUT2D eigenvalue weighted by Gasteiger charge is -2.15. The van der Waals surface area contributed by atoms with E-state index in [0.29, 0.717) is 5.92 Å². The highest BCUT2D eigenvalue weighted by atomic mass is 32.1. The number of nitrogens with two attached hydrogens (primary N) is 1. The first-order valence-corrected chi connectivity index (χ1v) is 6.26. The Morgan fingerprint density at radius 1 is 1.27 bits per heavy atom. The Morgan fingerprint density at radius 3 is 2.80 bits per heavy atom. The van der Waals surface area contributed by atoms with Crippen LogP contribution < -0.4 is 5.73 Å². The summed E-state index contributed by atoms with van der Waals surface area (Å²) in [6, 6.07) is 9.09. The summed E-state index contributed by atoms with van der Waals surface area (Å²) >= 11 is 1.79. The van der Waals surface area contributed by atoms with Gasteiger partial charge in [-0.3, -0.25) is 0 Å². The van der Waals surface area contributed by atoms with Gasteiger partial charge in [0, 0.05) is 10.7 Å². The van der Waals surface area contributed by atoms with Crippen LogP contribution in [0.3, 0.4) is 0 Å². The maximum Gasteiger partial charge on any atom is 0.0342 e. The SMILES string of the molecule is CC(C)C(N)Cc1ccc2sccc2c1. The molecule has 2 rings (SSSR count). The second-order valence-electron chi connectivity index (χ2n) is 4.40. The van der Waals surface area contributed by atoms with Gasteiger partial charge < -0.3 is 5.73 Å². The summed E-state index contributed by atoms with van der Waals surface area (Å²) in [5, 5.41) is 3.48. The summed E-state index contributed by atoms with van der Waals surface area (Å²) in [7, 11) is 0. The zero-order chi connectivity index (χ0) is 10.8. The Morgan fingerprint density at radius 2 is 2.07 bits per heavy atom. The van der Waals surface area contributed by atoms with Crippen molar-refractivity contribution in [2.75, 3.05) is 0 Å². The largest absolute Gasteiger partial charge is 0.327 e. The molecule has 2 heteroatoms. The van der Waals surface area contributed by atoms with Crippen LogP contribution in [0.4, 0.5) is 0 Å². The molecule has 15 heavy (non-hydrogen) atoms. The predicted molar refractivity (Wildman–Crippen MR) is 68.3 cm³/mol. The second-order valence-corrected chi connectivity index (χ2v) is 5.35. The van der Waals surface area contributed by atoms with E-state index in [9.17, 15) is 0 Å². The molecule has 1 atom stereocenters. The van der Waals surface area contributed by atoms with Crippen LogP contribution in [0.25, 0.3) is 10.1 Å². The molecule has 0 saturated heterocycles. The van der Waals surface area contributed by atoms with E-state index in [1.54, 1.807) is 11.3 Å². The molecule has 80 valence electrons. The van der Waals surface area contributed by atoms with Gasteiger partial charge in [-0.05, 0) is 40.8 Å². The third-order valence-corrected chi connectivity index (χ3v) is 3.74. The maximum absolute atomic E-state index is 6.07. The molecule has 0 spiro atoms. The van der Waals surface area contributed by atoms with Gasteiger partial charge in [-0.15, -0.1) is 11.3 Å². The molecule has 0 saturated carbocycles. The fourth-order valence-electron chi connectivity index (χ4n) is 1.65. The van der Waals surface area contributed by atoms with Gasteiger partial charge >= 0.3 is 0 Å². The lowest BCUT2D eigenvalue weighted by molar-refractivity contribution is 0.491. The van der Waals surface area contributed by atoms with E-state index >= 15 is 0 Å². The Kier molecular flexibility index (Phi) is 3.08. The van der Waals surface area contributed by atoms with Crippen molar-refractivity contribution in [2.45, 2.75) is 26.3 Å². The Bertz CT molecular complexity index is 444. The van der Waals surface area contributed by atoms with Gasteiger partial charge in [-0.2, -0.15) is 0 Å². The molecular formula is C13H17NS. The van der Waals surface area contributed by atoms with Crippen molar-refractivity contribution >= 4 is 21.4 Å². The van der Waals surface area contributed by atoms with Gasteiger partial charge in [0.25, 0.3) is 0 Å². The van der Waals surface area contributed by atoms with Crippen LogP contribution in [0.1, 0.15) is 19.4 Å². The Balaban J connectivity index is 2.21. The van der Waals surface area contributed by atoms with E-state index < -0.39 is 0 Å². The highest BCUT2D eigenvalue weighted by Gasteiger charge is 2.08. The van der Waals surface area contributed by atoms with Crippen molar-refractivity contribution in [3.05, 3.63) is 35.2 Å². The van der Waals surface area contributed by atoms with Crippen LogP contribution in [0.15, 0.2) is 29.6 Å². The predicted octanol–water partition coefficient (Wildman–Crippen LogP) is 3.43. The summed E-state index contributed by atoms with van der Waals surface area (Å²) in [5.74, 6) is 0.545. The van der Waals surface area contributed by atoms with Gasteiger partial charge in [0.15, 0.2) is 0 Å². The summed E-state index contributed by atoms with van der Waals surface area (Å²) in [6.07, 6.45) is 0.976. The van der Waals surface area contributed by atoms with Gasteiger partial charge in [-0.1, -0.05) is 26.0 Å². The van der Waals surface area contributed by atoms with E-state index in [4.69, 9.17) is 5.73 Å². The topological polar surface area (TPSA) is 26.0 Å². The normalized spacial score (nSPS) is 13.6. The molecule has 0 amide bonds. The fraction of sp³-hybridized carbons (Fsp3) is 0.385. The second kappa shape index (κ2) is 4.33. The maximum atomic E-state index is 6.07. The van der Waals surface area contributed by atoms with Gasteiger partial charge in [-0.25, -0.2) is 0 Å². The number of thiophene rings is 1. The molecule has 0 aliphatic rings. The van der Waals surface area contributed by atoms with Crippen molar-refractivity contribution in [3.63, 3.8) is 0 Å². The van der Waals surface area contributed by atoms with Crippen molar-refractivity contribution in [1.29, 1.82) is 0 Å². The monoisotopic (exact) mass is 219 g/mol. The number of fused-ring (bicyclic) bond motifs is 1. The lowest BCUT2D eigenvalue weighted by atomic mass is 9.97. The summed E-state index contributed by atoms with van der Waals surface area (Å²) in [5.41, 5.74) is 7.42. The molecule has 0 radical (unpaired) electrons. The number of benzene rings is 1. The molecular weight excluding hydrogens is 202 g/mol. The first kappa shape index (κ1) is 10.7. The van der Waals surface area contributed by atoms with Crippen molar-refractivity contribution in [3.8, 4) is 0 Å². The summed E-state index contributed by atoms with van der Waals surface area (Å²) in [4.78, 5) is 0. The van der Waals surface area contributed by atoms with Gasteiger partial charge in [0.2, 0.25) is 0 Å². The molecule has 1 aromatic carbocycles. The van der Waals surface area contributed by atoms with Crippen LogP contribution in [0.2, 0.25) is 0 Å². The van der Waals surface area contributed by atoms with Crippen molar-refractivity contribution in [1.82, 2.24) is 0 Å². The molecule has 1 nitrogen and oxygen atoms in total. The van der Waals surface area contributed by atoms with Gasteiger partial charge in [0.1, 0.15) is 0 Å². The highest BCUT2D eigenvalue weighted by molar-refractivity contribution is 7.17. The van der Waals surface area contributed by atoms with Crippen LogP contribution >= 0.6 is 11.3 Å². The number of hydrogen-bond acceptors (Lipinski definition) is 2. The van der Waals surface area contributed by atoms with Crippen LogP contribution in [0, 0.1) is 5.92 Å². The first-order chi connectivity index (χ1) is 7.16. The Hall–Kier alpha value is -0.860. The Labute approximate surface area is 94.9 Å². The average molecular weight is 219 g/mol. The number of hydrogen-bond donors (Lipinski definition) is 1. The highest BCUT2D eigenvalue weighted by Crippen LogP contribution is 2.22. The van der Waals surface area contributed by atoms with E-state index in [2.05, 4.69) is 43.5 Å². The molecule has 1 aromatic heterocycles. The minimum atomic E-state index is 0.265. The van der Waals surface area contributed by atoms with Gasteiger partial charge in [0.05, 0.1) is 0 Å². The van der Waals surface area contributed by atoms with E-state index in [0.717, 1.165) is 6.42 Å². The third kappa shape index (κ3) is 2.39.